The van der Waals surface area contributed by atoms with Crippen LogP contribution in [0.1, 0.15) is 50.3 Å². The second kappa shape index (κ2) is 11.5. The Morgan fingerprint density at radius 2 is 1.76 bits per heavy atom. The number of nitriles is 1. The number of rotatable bonds is 7. The van der Waals surface area contributed by atoms with Gasteiger partial charge in [0.2, 0.25) is 0 Å². The molecule has 2 saturated heterocycles. The number of carbonyl (C=O) groups excluding carboxylic acids is 1. The van der Waals surface area contributed by atoms with Crippen LogP contribution in [0.3, 0.4) is 0 Å². The Morgan fingerprint density at radius 3 is 2.32 bits per heavy atom. The number of carbonyl (C=O) groups is 1. The van der Waals surface area contributed by atoms with E-state index in [0.717, 1.165) is 50.4 Å². The van der Waals surface area contributed by atoms with Crippen LogP contribution in [0.25, 0.3) is 6.08 Å². The van der Waals surface area contributed by atoms with E-state index in [4.69, 9.17) is 12.2 Å². The Labute approximate surface area is 228 Å². The first-order valence-corrected chi connectivity index (χ1v) is 14.0. The minimum atomic E-state index is -0.263. The molecule has 2 aliphatic rings. The van der Waals surface area contributed by atoms with Gasteiger partial charge in [-0.05, 0) is 51.0 Å². The normalized spacial score (nSPS) is 17.3. The fourth-order valence-corrected chi connectivity index (χ4v) is 6.39. The number of hydrogen-bond acceptors (Lipinski definition) is 7. The molecule has 4 rings (SSSR count). The van der Waals surface area contributed by atoms with E-state index in [9.17, 15) is 14.9 Å². The lowest BCUT2D eigenvalue weighted by Gasteiger charge is -2.39. The van der Waals surface area contributed by atoms with E-state index >= 15 is 0 Å². The second-order valence-corrected chi connectivity index (χ2v) is 11.3. The lowest BCUT2D eigenvalue weighted by atomic mass is 10.0. The second-order valence-electron chi connectivity index (χ2n) is 9.61. The first-order chi connectivity index (χ1) is 17.8. The van der Waals surface area contributed by atoms with Gasteiger partial charge in [0.25, 0.3) is 11.5 Å². The highest BCUT2D eigenvalue weighted by atomic mass is 32.2. The molecule has 0 radical (unpaired) electrons. The van der Waals surface area contributed by atoms with Crippen LogP contribution in [0.4, 0.5) is 11.5 Å². The van der Waals surface area contributed by atoms with Crippen molar-refractivity contribution < 1.29 is 4.79 Å². The summed E-state index contributed by atoms with van der Waals surface area (Å²) in [4.78, 5) is 33.5. The third-order valence-corrected chi connectivity index (χ3v) is 8.23. The van der Waals surface area contributed by atoms with Crippen molar-refractivity contribution in [2.75, 3.05) is 36.0 Å². The third-order valence-electron chi connectivity index (χ3n) is 6.90. The van der Waals surface area contributed by atoms with Crippen molar-refractivity contribution in [1.29, 1.82) is 5.26 Å². The topological polar surface area (TPSA) is 72.6 Å². The number of benzene rings is 1. The zero-order chi connectivity index (χ0) is 26.7. The van der Waals surface area contributed by atoms with E-state index in [1.165, 1.54) is 17.4 Å². The van der Waals surface area contributed by atoms with Gasteiger partial charge >= 0.3 is 0 Å². The molecule has 2 fully saturated rings. The van der Waals surface area contributed by atoms with Crippen molar-refractivity contribution in [3.05, 3.63) is 62.3 Å². The molecule has 0 unspecified atom stereocenters. The van der Waals surface area contributed by atoms with Gasteiger partial charge in [-0.1, -0.05) is 55.5 Å². The summed E-state index contributed by atoms with van der Waals surface area (Å²) in [5, 5.41) is 9.90. The van der Waals surface area contributed by atoms with E-state index < -0.39 is 0 Å². The van der Waals surface area contributed by atoms with Crippen LogP contribution in [-0.4, -0.2) is 51.9 Å². The molecule has 7 nitrogen and oxygen atoms in total. The summed E-state index contributed by atoms with van der Waals surface area (Å²) >= 11 is 6.77. The Bertz CT molecular complexity index is 1320. The minimum Gasteiger partial charge on any atom is -0.368 e. The molecule has 37 heavy (non-hydrogen) atoms. The number of pyridine rings is 1. The van der Waals surface area contributed by atoms with Crippen molar-refractivity contribution in [3.63, 3.8) is 0 Å². The standard InChI is InChI=1S/C28H33N5O2S2/c1-5-6-12-32-25(31-15-13-30(14-16-31)21-10-8-7-9-11-21)22(20(4)23(18-29)26(32)34)17-24-27(35)33(19(2)3)28(36)37-24/h7-11,17,19H,5-6,12-16H2,1-4H3/b24-17-. The van der Waals surface area contributed by atoms with E-state index in [0.29, 0.717) is 21.3 Å². The van der Waals surface area contributed by atoms with Gasteiger partial charge < -0.3 is 9.80 Å². The molecule has 3 heterocycles. The van der Waals surface area contributed by atoms with Crippen LogP contribution in [0, 0.1) is 18.3 Å². The SMILES string of the molecule is CCCCn1c(N2CCN(c3ccccc3)CC2)c(/C=C2\SC(=S)N(C(C)C)C2=O)c(C)c(C#N)c1=O. The summed E-state index contributed by atoms with van der Waals surface area (Å²) in [7, 11) is 0. The summed E-state index contributed by atoms with van der Waals surface area (Å²) in [5.41, 5.74) is 2.41. The summed E-state index contributed by atoms with van der Waals surface area (Å²) in [6.45, 7) is 11.3. The van der Waals surface area contributed by atoms with Gasteiger partial charge in [0.15, 0.2) is 0 Å². The Hall–Kier alpha value is -3.09. The number of anilines is 2. The predicted octanol–water partition coefficient (Wildman–Crippen LogP) is 4.76. The van der Waals surface area contributed by atoms with Crippen LogP contribution >= 0.6 is 24.0 Å². The summed E-state index contributed by atoms with van der Waals surface area (Å²) < 4.78 is 2.28. The summed E-state index contributed by atoms with van der Waals surface area (Å²) in [5.74, 6) is 0.659. The first-order valence-electron chi connectivity index (χ1n) is 12.8. The lowest BCUT2D eigenvalue weighted by molar-refractivity contribution is -0.123. The number of thioether (sulfide) groups is 1. The highest BCUT2D eigenvalue weighted by molar-refractivity contribution is 8.26. The molecule has 0 aliphatic carbocycles. The molecule has 2 aliphatic heterocycles. The maximum Gasteiger partial charge on any atom is 0.270 e. The average Bonchev–Trinajstić information content (AvgIpc) is 3.18. The van der Waals surface area contributed by atoms with Crippen LogP contribution < -0.4 is 15.4 Å². The van der Waals surface area contributed by atoms with Crippen LogP contribution in [0.2, 0.25) is 0 Å². The predicted molar refractivity (Wildman–Crippen MR) is 156 cm³/mol. The van der Waals surface area contributed by atoms with Gasteiger partial charge in [0.05, 0.1) is 4.91 Å². The molecule has 1 aromatic carbocycles. The number of amides is 1. The smallest absolute Gasteiger partial charge is 0.270 e. The molecule has 194 valence electrons. The van der Waals surface area contributed by atoms with Gasteiger partial charge in [-0.15, -0.1) is 0 Å². The molecular weight excluding hydrogens is 502 g/mol. The maximum atomic E-state index is 13.5. The molecule has 9 heteroatoms. The Balaban J connectivity index is 1.82. The van der Waals surface area contributed by atoms with Crippen molar-refractivity contribution in [2.24, 2.45) is 0 Å². The molecule has 0 saturated carbocycles. The van der Waals surface area contributed by atoms with Gasteiger partial charge in [-0.2, -0.15) is 5.26 Å². The molecule has 0 atom stereocenters. The fourth-order valence-electron chi connectivity index (χ4n) is 4.88. The monoisotopic (exact) mass is 535 g/mol. The van der Waals surface area contributed by atoms with Crippen LogP contribution in [0.15, 0.2) is 40.0 Å². The minimum absolute atomic E-state index is 0.0433. The van der Waals surface area contributed by atoms with Gasteiger partial charge in [-0.3, -0.25) is 19.1 Å². The highest BCUT2D eigenvalue weighted by Crippen LogP contribution is 2.37. The molecule has 1 aromatic heterocycles. The van der Waals surface area contributed by atoms with Crippen LogP contribution in [-0.2, 0) is 11.3 Å². The Kier molecular flexibility index (Phi) is 8.40. The molecule has 0 spiro atoms. The molecule has 1 amide bonds. The van der Waals surface area contributed by atoms with Crippen molar-refractivity contribution in [3.8, 4) is 6.07 Å². The Morgan fingerprint density at radius 1 is 1.11 bits per heavy atom. The lowest BCUT2D eigenvalue weighted by Crippen LogP contribution is -2.48. The quantitative estimate of drug-likeness (QED) is 0.374. The number of piperazine rings is 1. The van der Waals surface area contributed by atoms with Gasteiger partial charge in [0.1, 0.15) is 21.8 Å². The number of para-hydroxylation sites is 1. The van der Waals surface area contributed by atoms with Gasteiger partial charge in [0, 0.05) is 50.0 Å². The van der Waals surface area contributed by atoms with Crippen molar-refractivity contribution >= 4 is 51.8 Å². The summed E-state index contributed by atoms with van der Waals surface area (Å²) in [6.07, 6.45) is 3.59. The largest absolute Gasteiger partial charge is 0.368 e. The fraction of sp³-hybridized carbons (Fsp3) is 0.429. The van der Waals surface area contributed by atoms with E-state index in [-0.39, 0.29) is 23.1 Å². The van der Waals surface area contributed by atoms with E-state index in [1.807, 2.05) is 45.0 Å². The first kappa shape index (κ1) is 27.0. The number of unbranched alkanes of at least 4 members (excludes halogenated alkanes) is 1. The van der Waals surface area contributed by atoms with Crippen molar-refractivity contribution in [2.45, 2.75) is 53.1 Å². The van der Waals surface area contributed by atoms with Gasteiger partial charge in [-0.25, -0.2) is 0 Å². The zero-order valence-electron chi connectivity index (χ0n) is 21.9. The van der Waals surface area contributed by atoms with Crippen LogP contribution in [0.5, 0.6) is 0 Å². The average molecular weight is 536 g/mol. The zero-order valence-corrected chi connectivity index (χ0v) is 23.5. The van der Waals surface area contributed by atoms with Crippen molar-refractivity contribution in [1.82, 2.24) is 9.47 Å². The number of thiocarbonyl (C=S) groups is 1. The third kappa shape index (κ3) is 5.32. The molecule has 0 bridgehead atoms. The molecular formula is C28H33N5O2S2. The number of aromatic nitrogens is 1. The van der Waals surface area contributed by atoms with E-state index in [1.54, 1.807) is 9.47 Å². The maximum absolute atomic E-state index is 13.5. The summed E-state index contributed by atoms with van der Waals surface area (Å²) in [6, 6.07) is 12.4. The molecule has 0 N–H and O–H groups in total. The number of nitrogens with zero attached hydrogens (tertiary/aromatic N) is 5. The molecule has 2 aromatic rings. The number of hydrogen-bond donors (Lipinski definition) is 0. The highest BCUT2D eigenvalue weighted by Gasteiger charge is 2.35. The van der Waals surface area contributed by atoms with E-state index in [2.05, 4.69) is 34.9 Å².